The van der Waals surface area contributed by atoms with Gasteiger partial charge in [0.15, 0.2) is 0 Å². The van der Waals surface area contributed by atoms with Crippen molar-refractivity contribution in [3.05, 3.63) is 65.2 Å². The summed E-state index contributed by atoms with van der Waals surface area (Å²) < 4.78 is 11.0. The lowest BCUT2D eigenvalue weighted by atomic mass is 9.90. The van der Waals surface area contributed by atoms with Gasteiger partial charge in [-0.25, -0.2) is 0 Å². The molecular weight excluding hydrogens is 314 g/mol. The van der Waals surface area contributed by atoms with Crippen molar-refractivity contribution in [2.24, 2.45) is 0 Å². The van der Waals surface area contributed by atoms with Crippen LogP contribution in [-0.2, 0) is 16.1 Å². The molecule has 0 aliphatic rings. The Balaban J connectivity index is 2.25. The van der Waals surface area contributed by atoms with Gasteiger partial charge in [0.05, 0.1) is 24.2 Å². The smallest absolute Gasteiger partial charge is 0.313 e. The maximum Gasteiger partial charge on any atom is 0.313 e. The molecule has 0 aliphatic carbocycles. The van der Waals surface area contributed by atoms with Crippen LogP contribution < -0.4 is 4.74 Å². The third kappa shape index (κ3) is 5.09. The number of carbonyl (C=O) groups is 1. The molecule has 0 aliphatic heterocycles. The van der Waals surface area contributed by atoms with Crippen LogP contribution >= 0.6 is 0 Å². The highest BCUT2D eigenvalue weighted by Crippen LogP contribution is 2.29. The van der Waals surface area contributed by atoms with Crippen molar-refractivity contribution in [3.63, 3.8) is 0 Å². The number of rotatable bonds is 8. The van der Waals surface area contributed by atoms with E-state index in [1.54, 1.807) is 25.1 Å². The van der Waals surface area contributed by atoms with E-state index in [2.05, 4.69) is 6.07 Å². The highest BCUT2D eigenvalue weighted by Gasteiger charge is 2.24. The molecule has 25 heavy (non-hydrogen) atoms. The largest absolute Gasteiger partial charge is 0.489 e. The van der Waals surface area contributed by atoms with Gasteiger partial charge >= 0.3 is 5.97 Å². The van der Waals surface area contributed by atoms with E-state index in [1.165, 1.54) is 0 Å². The molecule has 1 unspecified atom stereocenters. The molecule has 4 nitrogen and oxygen atoms in total. The summed E-state index contributed by atoms with van der Waals surface area (Å²) in [4.78, 5) is 12.3. The zero-order valence-electron chi connectivity index (χ0n) is 14.7. The van der Waals surface area contributed by atoms with Crippen LogP contribution in [0, 0.1) is 11.3 Å². The van der Waals surface area contributed by atoms with Gasteiger partial charge in [-0.05, 0) is 42.7 Å². The Morgan fingerprint density at radius 3 is 2.56 bits per heavy atom. The highest BCUT2D eigenvalue weighted by atomic mass is 16.5. The molecule has 0 N–H and O–H groups in total. The van der Waals surface area contributed by atoms with Crippen molar-refractivity contribution in [3.8, 4) is 11.8 Å². The van der Waals surface area contributed by atoms with Crippen molar-refractivity contribution < 1.29 is 14.3 Å². The van der Waals surface area contributed by atoms with Gasteiger partial charge in [-0.1, -0.05) is 43.7 Å². The van der Waals surface area contributed by atoms with E-state index < -0.39 is 5.92 Å². The zero-order valence-corrected chi connectivity index (χ0v) is 14.7. The molecule has 0 radical (unpaired) electrons. The van der Waals surface area contributed by atoms with Gasteiger partial charge in [0.25, 0.3) is 0 Å². The van der Waals surface area contributed by atoms with Gasteiger partial charge in [0.2, 0.25) is 0 Å². The van der Waals surface area contributed by atoms with E-state index >= 15 is 0 Å². The van der Waals surface area contributed by atoms with Crippen LogP contribution in [-0.4, -0.2) is 12.6 Å². The Morgan fingerprint density at radius 1 is 1.16 bits per heavy atom. The molecule has 0 saturated heterocycles. The zero-order chi connectivity index (χ0) is 18.1. The van der Waals surface area contributed by atoms with Crippen LogP contribution in [0.3, 0.4) is 0 Å². The van der Waals surface area contributed by atoms with E-state index in [0.717, 1.165) is 12.0 Å². The molecule has 1 atom stereocenters. The van der Waals surface area contributed by atoms with Gasteiger partial charge in [-0.3, -0.25) is 4.79 Å². The Hall–Kier alpha value is -2.80. The fourth-order valence-electron chi connectivity index (χ4n) is 2.69. The minimum Gasteiger partial charge on any atom is -0.489 e. The number of benzene rings is 2. The SMILES string of the molecule is CCCC(C(=O)OCC)c1cc(OCc2ccccc2)ccc1C#N. The molecule has 2 aromatic carbocycles. The third-order valence-electron chi connectivity index (χ3n) is 3.92. The van der Waals surface area contributed by atoms with Crippen molar-refractivity contribution in [1.82, 2.24) is 0 Å². The molecule has 0 amide bonds. The fourth-order valence-corrected chi connectivity index (χ4v) is 2.69. The lowest BCUT2D eigenvalue weighted by Gasteiger charge is -2.17. The summed E-state index contributed by atoms with van der Waals surface area (Å²) in [7, 11) is 0. The molecule has 0 aromatic heterocycles. The van der Waals surface area contributed by atoms with Crippen LogP contribution in [0.2, 0.25) is 0 Å². The lowest BCUT2D eigenvalue weighted by molar-refractivity contribution is -0.145. The van der Waals surface area contributed by atoms with Gasteiger partial charge < -0.3 is 9.47 Å². The Kier molecular flexibility index (Phi) is 7.03. The molecule has 2 rings (SSSR count). The second-order valence-electron chi connectivity index (χ2n) is 5.73. The van der Waals surface area contributed by atoms with Crippen LogP contribution in [0.25, 0.3) is 0 Å². The first-order valence-corrected chi connectivity index (χ1v) is 8.57. The van der Waals surface area contributed by atoms with Gasteiger partial charge in [-0.15, -0.1) is 0 Å². The van der Waals surface area contributed by atoms with Crippen LogP contribution in [0.15, 0.2) is 48.5 Å². The first-order valence-electron chi connectivity index (χ1n) is 8.57. The average molecular weight is 337 g/mol. The number of esters is 1. The number of carbonyl (C=O) groups excluding carboxylic acids is 1. The molecular formula is C21H23NO3. The first kappa shape index (κ1) is 18.5. The van der Waals surface area contributed by atoms with Crippen LogP contribution in [0.5, 0.6) is 5.75 Å². The number of ether oxygens (including phenoxy) is 2. The summed E-state index contributed by atoms with van der Waals surface area (Å²) in [5, 5.41) is 9.40. The third-order valence-corrected chi connectivity index (χ3v) is 3.92. The quantitative estimate of drug-likeness (QED) is 0.661. The molecule has 130 valence electrons. The molecule has 0 heterocycles. The normalized spacial score (nSPS) is 11.4. The second-order valence-corrected chi connectivity index (χ2v) is 5.73. The molecule has 0 bridgehead atoms. The van der Waals surface area contributed by atoms with Crippen molar-refractivity contribution >= 4 is 5.97 Å². The molecule has 4 heteroatoms. The predicted molar refractivity (Wildman–Crippen MR) is 96.2 cm³/mol. The van der Waals surface area contributed by atoms with E-state index in [0.29, 0.717) is 36.5 Å². The summed E-state index contributed by atoms with van der Waals surface area (Å²) >= 11 is 0. The van der Waals surface area contributed by atoms with Crippen molar-refractivity contribution in [2.45, 2.75) is 39.2 Å². The van der Waals surface area contributed by atoms with Gasteiger partial charge in [0.1, 0.15) is 12.4 Å². The van der Waals surface area contributed by atoms with Gasteiger partial charge in [0, 0.05) is 0 Å². The van der Waals surface area contributed by atoms with Crippen LogP contribution in [0.1, 0.15) is 49.3 Å². The minimum atomic E-state index is -0.445. The predicted octanol–water partition coefficient (Wildman–Crippen LogP) is 4.58. The molecule has 0 fully saturated rings. The Labute approximate surface area is 149 Å². The molecule has 0 saturated carbocycles. The second kappa shape index (κ2) is 9.48. The Morgan fingerprint density at radius 2 is 1.92 bits per heavy atom. The fraction of sp³-hybridized carbons (Fsp3) is 0.333. The van der Waals surface area contributed by atoms with Crippen molar-refractivity contribution in [2.75, 3.05) is 6.61 Å². The highest BCUT2D eigenvalue weighted by molar-refractivity contribution is 5.79. The van der Waals surface area contributed by atoms with Crippen LogP contribution in [0.4, 0.5) is 0 Å². The summed E-state index contributed by atoms with van der Waals surface area (Å²) in [5.41, 5.74) is 2.22. The summed E-state index contributed by atoms with van der Waals surface area (Å²) in [6, 6.07) is 17.3. The number of hydrogen-bond donors (Lipinski definition) is 0. The van der Waals surface area contributed by atoms with Crippen molar-refractivity contribution in [1.29, 1.82) is 5.26 Å². The molecule has 2 aromatic rings. The standard InChI is InChI=1S/C21H23NO3/c1-3-8-19(21(23)24-4-2)20-13-18(12-11-17(20)14-22)25-15-16-9-6-5-7-10-16/h5-7,9-13,19H,3-4,8,15H2,1-2H3. The number of hydrogen-bond acceptors (Lipinski definition) is 4. The average Bonchev–Trinajstić information content (AvgIpc) is 2.65. The topological polar surface area (TPSA) is 59.3 Å². The Bertz CT molecular complexity index is 735. The molecule has 0 spiro atoms. The number of nitriles is 1. The monoisotopic (exact) mass is 337 g/mol. The van der Waals surface area contributed by atoms with E-state index in [4.69, 9.17) is 9.47 Å². The maximum atomic E-state index is 12.3. The lowest BCUT2D eigenvalue weighted by Crippen LogP contribution is -2.17. The number of nitrogens with zero attached hydrogens (tertiary/aromatic N) is 1. The summed E-state index contributed by atoms with van der Waals surface area (Å²) in [6.45, 7) is 4.55. The van der Waals surface area contributed by atoms with E-state index in [9.17, 15) is 10.1 Å². The summed E-state index contributed by atoms with van der Waals surface area (Å²) in [6.07, 6.45) is 1.46. The minimum absolute atomic E-state index is 0.291. The first-order chi connectivity index (χ1) is 12.2. The van der Waals surface area contributed by atoms with E-state index in [1.807, 2.05) is 37.3 Å². The van der Waals surface area contributed by atoms with E-state index in [-0.39, 0.29) is 5.97 Å². The maximum absolute atomic E-state index is 12.3. The summed E-state index contributed by atoms with van der Waals surface area (Å²) in [5.74, 6) is -0.0933. The van der Waals surface area contributed by atoms with Gasteiger partial charge in [-0.2, -0.15) is 5.26 Å².